The van der Waals surface area contributed by atoms with Crippen molar-refractivity contribution >= 4 is 10.9 Å². The topological polar surface area (TPSA) is 38.7 Å². The second kappa shape index (κ2) is 5.53. The van der Waals surface area contributed by atoms with Crippen molar-refractivity contribution < 1.29 is 4.84 Å². The highest BCUT2D eigenvalue weighted by Crippen LogP contribution is 2.07. The van der Waals surface area contributed by atoms with Crippen LogP contribution in [-0.2, 0) is 15.7 Å². The molecule has 0 heterocycles. The quantitative estimate of drug-likeness (QED) is 0.352. The van der Waals surface area contributed by atoms with E-state index in [0.29, 0.717) is 0 Å². The van der Waals surface area contributed by atoms with Crippen LogP contribution in [0.1, 0.15) is 20.8 Å². The van der Waals surface area contributed by atoms with Gasteiger partial charge in [-0.1, -0.05) is 0 Å². The Bertz CT molecular complexity index is 95.7. The lowest BCUT2D eigenvalue weighted by atomic mass is 10.9. The molecule has 0 amide bonds. The zero-order valence-corrected chi connectivity index (χ0v) is 7.48. The summed E-state index contributed by atoms with van der Waals surface area (Å²) in [6.07, 6.45) is 0. The van der Waals surface area contributed by atoms with E-state index < -0.39 is 0 Å². The summed E-state index contributed by atoms with van der Waals surface area (Å²) >= 11 is 0. The SMILES string of the molecule is CC[S+](CC)C(C)ON=O. The molecule has 0 aliphatic carbocycles. The van der Waals surface area contributed by atoms with Gasteiger partial charge in [-0.2, -0.15) is 0 Å². The largest absolute Gasteiger partial charge is 0.309 e. The minimum absolute atomic E-state index is 0.00694. The van der Waals surface area contributed by atoms with Crippen LogP contribution < -0.4 is 0 Å². The normalized spacial score (nSPS) is 13.2. The van der Waals surface area contributed by atoms with Crippen LogP contribution in [0.4, 0.5) is 0 Å². The lowest BCUT2D eigenvalue weighted by Crippen LogP contribution is -2.23. The number of rotatable bonds is 5. The highest BCUT2D eigenvalue weighted by molar-refractivity contribution is 7.97. The predicted octanol–water partition coefficient (Wildman–Crippen LogP) is 1.69. The fourth-order valence-electron chi connectivity index (χ4n) is 0.795. The van der Waals surface area contributed by atoms with Gasteiger partial charge in [0.2, 0.25) is 0 Å². The molecule has 0 fully saturated rings. The molecule has 0 spiro atoms. The number of nitrogens with zero attached hydrogens (tertiary/aromatic N) is 1. The Hall–Kier alpha value is -0.250. The van der Waals surface area contributed by atoms with Crippen molar-refractivity contribution in [1.82, 2.24) is 0 Å². The van der Waals surface area contributed by atoms with Gasteiger partial charge in [0, 0.05) is 17.8 Å². The van der Waals surface area contributed by atoms with Crippen molar-refractivity contribution in [2.24, 2.45) is 5.34 Å². The fraction of sp³-hybridized carbons (Fsp3) is 1.00. The van der Waals surface area contributed by atoms with E-state index in [9.17, 15) is 4.91 Å². The van der Waals surface area contributed by atoms with Gasteiger partial charge in [0.15, 0.2) is 5.34 Å². The molecule has 0 aromatic heterocycles. The van der Waals surface area contributed by atoms with Crippen molar-refractivity contribution in [2.45, 2.75) is 26.2 Å². The van der Waals surface area contributed by atoms with E-state index in [1.54, 1.807) is 0 Å². The van der Waals surface area contributed by atoms with Crippen LogP contribution in [0.15, 0.2) is 5.34 Å². The number of hydrogen-bond acceptors (Lipinski definition) is 3. The Morgan fingerprint density at radius 1 is 1.50 bits per heavy atom. The van der Waals surface area contributed by atoms with E-state index in [4.69, 9.17) is 0 Å². The Morgan fingerprint density at radius 2 is 2.00 bits per heavy atom. The van der Waals surface area contributed by atoms with Gasteiger partial charge in [0.05, 0.1) is 0 Å². The first-order chi connectivity index (χ1) is 4.76. The fourth-order valence-corrected chi connectivity index (χ4v) is 2.30. The summed E-state index contributed by atoms with van der Waals surface area (Å²) < 4.78 is 0. The molecule has 0 aliphatic rings. The second-order valence-corrected chi connectivity index (χ2v) is 4.76. The summed E-state index contributed by atoms with van der Waals surface area (Å²) in [7, 11) is 0.201. The molecule has 0 rings (SSSR count). The standard InChI is InChI=1S/C6H14NO2S/c1-4-10(5-2)6(3)9-7-8/h6H,4-5H2,1-3H3/q+1. The minimum Gasteiger partial charge on any atom is -0.309 e. The first-order valence-electron chi connectivity index (χ1n) is 3.41. The van der Waals surface area contributed by atoms with Crippen LogP contribution in [0.2, 0.25) is 0 Å². The van der Waals surface area contributed by atoms with E-state index in [1.807, 2.05) is 6.92 Å². The van der Waals surface area contributed by atoms with Crippen molar-refractivity contribution in [3.05, 3.63) is 4.91 Å². The molecule has 0 aliphatic heterocycles. The van der Waals surface area contributed by atoms with Crippen LogP contribution >= 0.6 is 0 Å². The first-order valence-corrected chi connectivity index (χ1v) is 5.03. The number of hydrogen-bond donors (Lipinski definition) is 0. The molecule has 3 nitrogen and oxygen atoms in total. The first kappa shape index (κ1) is 9.75. The van der Waals surface area contributed by atoms with Gasteiger partial charge in [0.25, 0.3) is 5.44 Å². The third kappa shape index (κ3) is 3.06. The summed E-state index contributed by atoms with van der Waals surface area (Å²) in [4.78, 5) is 14.3. The summed E-state index contributed by atoms with van der Waals surface area (Å²) in [5.41, 5.74) is -0.00694. The summed E-state index contributed by atoms with van der Waals surface area (Å²) in [5, 5.41) is 2.41. The van der Waals surface area contributed by atoms with Crippen LogP contribution in [0.5, 0.6) is 0 Å². The van der Waals surface area contributed by atoms with E-state index >= 15 is 0 Å². The Morgan fingerprint density at radius 3 is 2.30 bits per heavy atom. The average molecular weight is 164 g/mol. The van der Waals surface area contributed by atoms with Crippen LogP contribution in [-0.4, -0.2) is 16.9 Å². The Balaban J connectivity index is 3.63. The maximum atomic E-state index is 9.68. The van der Waals surface area contributed by atoms with Crippen molar-refractivity contribution in [1.29, 1.82) is 0 Å². The van der Waals surface area contributed by atoms with E-state index in [0.717, 1.165) is 11.5 Å². The maximum absolute atomic E-state index is 9.68. The molecule has 0 saturated heterocycles. The van der Waals surface area contributed by atoms with E-state index in [1.165, 1.54) is 0 Å². The third-order valence-electron chi connectivity index (χ3n) is 1.40. The molecular formula is C6H14NO2S+. The van der Waals surface area contributed by atoms with Crippen molar-refractivity contribution in [3.63, 3.8) is 0 Å². The molecule has 0 saturated carbocycles. The summed E-state index contributed by atoms with van der Waals surface area (Å²) in [5.74, 6) is 2.13. The molecule has 0 aromatic carbocycles. The smallest absolute Gasteiger partial charge is 0.281 e. The second-order valence-electron chi connectivity index (χ2n) is 1.86. The van der Waals surface area contributed by atoms with Gasteiger partial charge in [-0.25, -0.2) is 0 Å². The van der Waals surface area contributed by atoms with Crippen molar-refractivity contribution in [3.8, 4) is 0 Å². The molecular weight excluding hydrogens is 150 g/mol. The third-order valence-corrected chi connectivity index (χ3v) is 3.91. The van der Waals surface area contributed by atoms with Crippen LogP contribution in [0.25, 0.3) is 0 Å². The van der Waals surface area contributed by atoms with Crippen LogP contribution in [0, 0.1) is 4.91 Å². The molecule has 4 heteroatoms. The van der Waals surface area contributed by atoms with Gasteiger partial charge in [-0.15, -0.1) is 4.91 Å². The van der Waals surface area contributed by atoms with Gasteiger partial charge in [-0.3, -0.25) is 0 Å². The predicted molar refractivity (Wildman–Crippen MR) is 44.8 cm³/mol. The van der Waals surface area contributed by atoms with Gasteiger partial charge in [-0.05, 0) is 13.8 Å². The lowest BCUT2D eigenvalue weighted by molar-refractivity contribution is 0.127. The zero-order chi connectivity index (χ0) is 7.98. The lowest BCUT2D eigenvalue weighted by Gasteiger charge is -2.07. The molecule has 0 radical (unpaired) electrons. The Kier molecular flexibility index (Phi) is 5.39. The van der Waals surface area contributed by atoms with E-state index in [2.05, 4.69) is 24.0 Å². The highest BCUT2D eigenvalue weighted by Gasteiger charge is 2.23. The highest BCUT2D eigenvalue weighted by atomic mass is 32.2. The van der Waals surface area contributed by atoms with Crippen LogP contribution in [0.3, 0.4) is 0 Å². The molecule has 1 atom stereocenters. The van der Waals surface area contributed by atoms with E-state index in [-0.39, 0.29) is 16.3 Å². The summed E-state index contributed by atoms with van der Waals surface area (Å²) in [6.45, 7) is 6.08. The summed E-state index contributed by atoms with van der Waals surface area (Å²) in [6, 6.07) is 0. The molecule has 60 valence electrons. The monoisotopic (exact) mass is 164 g/mol. The molecule has 0 bridgehead atoms. The minimum atomic E-state index is -0.00694. The molecule has 0 aromatic rings. The average Bonchev–Trinajstić information content (AvgIpc) is 1.91. The molecule has 1 unspecified atom stereocenters. The molecule has 0 N–H and O–H groups in total. The maximum Gasteiger partial charge on any atom is 0.281 e. The van der Waals surface area contributed by atoms with Gasteiger partial charge < -0.3 is 4.84 Å². The van der Waals surface area contributed by atoms with Crippen molar-refractivity contribution in [2.75, 3.05) is 11.5 Å². The molecule has 10 heavy (non-hydrogen) atoms. The van der Waals surface area contributed by atoms with Gasteiger partial charge >= 0.3 is 0 Å². The zero-order valence-electron chi connectivity index (χ0n) is 6.66. The Labute approximate surface area is 64.4 Å². The van der Waals surface area contributed by atoms with Gasteiger partial charge in [0.1, 0.15) is 11.5 Å².